The average molecular weight is 372 g/mol. The molecule has 3 rings (SSSR count). The molecule has 21 heavy (non-hydrogen) atoms. The molecule has 1 aromatic heterocycles. The van der Waals surface area contributed by atoms with Crippen molar-refractivity contribution >= 4 is 26.0 Å². The number of hydrogen-bond acceptors (Lipinski definition) is 4. The standard InChI is InChI=1S/C13H14BrN3O3S/c14-9-1-4-12(13(5-9)21(15,18)19)20-7-11-6-16-8-17(11)10-2-3-10/h1,4-6,8,10H,2-3,7H2,(H2,15,18,19). The van der Waals surface area contributed by atoms with E-state index in [1.54, 1.807) is 24.7 Å². The minimum absolute atomic E-state index is 0.0330. The third kappa shape index (κ3) is 3.28. The fraction of sp³-hybridized carbons (Fsp3) is 0.308. The molecule has 2 aromatic rings. The van der Waals surface area contributed by atoms with E-state index in [-0.39, 0.29) is 17.3 Å². The van der Waals surface area contributed by atoms with Crippen LogP contribution in [0.5, 0.6) is 5.75 Å². The van der Waals surface area contributed by atoms with Crippen LogP contribution >= 0.6 is 15.9 Å². The Hall–Kier alpha value is -1.38. The topological polar surface area (TPSA) is 87.2 Å². The molecule has 0 saturated heterocycles. The van der Waals surface area contributed by atoms with Gasteiger partial charge in [0, 0.05) is 10.5 Å². The Kier molecular flexibility index (Phi) is 3.76. The lowest BCUT2D eigenvalue weighted by Gasteiger charge is -2.12. The molecule has 0 unspecified atom stereocenters. The van der Waals surface area contributed by atoms with Gasteiger partial charge < -0.3 is 9.30 Å². The molecule has 1 fully saturated rings. The molecule has 0 spiro atoms. The van der Waals surface area contributed by atoms with E-state index in [2.05, 4.69) is 25.5 Å². The van der Waals surface area contributed by atoms with Crippen molar-refractivity contribution in [3.05, 3.63) is 40.9 Å². The van der Waals surface area contributed by atoms with Crippen LogP contribution in [0.25, 0.3) is 0 Å². The highest BCUT2D eigenvalue weighted by atomic mass is 79.9. The van der Waals surface area contributed by atoms with Gasteiger partial charge in [-0.05, 0) is 31.0 Å². The molecule has 1 aromatic carbocycles. The fourth-order valence-corrected chi connectivity index (χ4v) is 3.31. The number of rotatable bonds is 5. The molecular formula is C13H14BrN3O3S. The molecule has 112 valence electrons. The van der Waals surface area contributed by atoms with Crippen molar-refractivity contribution in [1.82, 2.24) is 9.55 Å². The number of hydrogen-bond donors (Lipinski definition) is 1. The van der Waals surface area contributed by atoms with Crippen LogP contribution in [0.15, 0.2) is 40.1 Å². The molecular weight excluding hydrogens is 358 g/mol. The third-order valence-corrected chi connectivity index (χ3v) is 4.70. The van der Waals surface area contributed by atoms with Gasteiger partial charge in [-0.2, -0.15) is 0 Å². The van der Waals surface area contributed by atoms with Gasteiger partial charge in [-0.15, -0.1) is 0 Å². The zero-order chi connectivity index (χ0) is 15.0. The van der Waals surface area contributed by atoms with Crippen molar-refractivity contribution in [2.45, 2.75) is 30.4 Å². The van der Waals surface area contributed by atoms with Gasteiger partial charge in [0.25, 0.3) is 0 Å². The van der Waals surface area contributed by atoms with Crippen LogP contribution in [-0.4, -0.2) is 18.0 Å². The van der Waals surface area contributed by atoms with Crippen LogP contribution in [0.2, 0.25) is 0 Å². The highest BCUT2D eigenvalue weighted by Crippen LogP contribution is 2.36. The Morgan fingerprint density at radius 1 is 1.43 bits per heavy atom. The Balaban J connectivity index is 1.83. The number of sulfonamides is 1. The van der Waals surface area contributed by atoms with Crippen LogP contribution in [0.3, 0.4) is 0 Å². The van der Waals surface area contributed by atoms with E-state index in [9.17, 15) is 8.42 Å². The van der Waals surface area contributed by atoms with Gasteiger partial charge in [-0.1, -0.05) is 15.9 Å². The summed E-state index contributed by atoms with van der Waals surface area (Å²) in [5.74, 6) is 0.240. The summed E-state index contributed by atoms with van der Waals surface area (Å²) >= 11 is 3.23. The van der Waals surface area contributed by atoms with Gasteiger partial charge >= 0.3 is 0 Å². The maximum absolute atomic E-state index is 11.6. The van der Waals surface area contributed by atoms with Crippen molar-refractivity contribution in [3.63, 3.8) is 0 Å². The summed E-state index contributed by atoms with van der Waals surface area (Å²) < 4.78 is 31.6. The minimum atomic E-state index is -3.84. The molecule has 0 atom stereocenters. The first kappa shape index (κ1) is 14.6. The lowest BCUT2D eigenvalue weighted by Crippen LogP contribution is -2.14. The second kappa shape index (κ2) is 5.43. The van der Waals surface area contributed by atoms with E-state index < -0.39 is 10.0 Å². The van der Waals surface area contributed by atoms with E-state index >= 15 is 0 Å². The fourth-order valence-electron chi connectivity index (χ4n) is 2.10. The largest absolute Gasteiger partial charge is 0.486 e. The quantitative estimate of drug-likeness (QED) is 0.872. The maximum Gasteiger partial charge on any atom is 0.241 e. The molecule has 0 amide bonds. The first-order valence-corrected chi connectivity index (χ1v) is 8.75. The smallest absolute Gasteiger partial charge is 0.241 e. The molecule has 1 saturated carbocycles. The number of nitrogens with zero attached hydrogens (tertiary/aromatic N) is 2. The van der Waals surface area contributed by atoms with Gasteiger partial charge in [0.2, 0.25) is 10.0 Å². The van der Waals surface area contributed by atoms with E-state index in [4.69, 9.17) is 9.88 Å². The summed E-state index contributed by atoms with van der Waals surface area (Å²) in [4.78, 5) is 4.08. The summed E-state index contributed by atoms with van der Waals surface area (Å²) in [7, 11) is -3.84. The molecule has 6 nitrogen and oxygen atoms in total. The van der Waals surface area contributed by atoms with Gasteiger partial charge in [0.15, 0.2) is 0 Å². The highest BCUT2D eigenvalue weighted by molar-refractivity contribution is 9.10. The average Bonchev–Trinajstić information content (AvgIpc) is 3.15. The molecule has 0 bridgehead atoms. The van der Waals surface area contributed by atoms with Crippen molar-refractivity contribution in [2.75, 3.05) is 0 Å². The summed E-state index contributed by atoms with van der Waals surface area (Å²) in [5.41, 5.74) is 0.917. The molecule has 0 aliphatic heterocycles. The normalized spacial score (nSPS) is 15.1. The van der Waals surface area contributed by atoms with Gasteiger partial charge in [0.05, 0.1) is 18.2 Å². The first-order chi connectivity index (χ1) is 9.95. The first-order valence-electron chi connectivity index (χ1n) is 6.41. The predicted molar refractivity (Wildman–Crippen MR) is 80.3 cm³/mol. The van der Waals surface area contributed by atoms with E-state index in [1.807, 2.05) is 0 Å². The van der Waals surface area contributed by atoms with Gasteiger partial charge in [0.1, 0.15) is 17.3 Å². The molecule has 2 N–H and O–H groups in total. The number of aromatic nitrogens is 2. The van der Waals surface area contributed by atoms with Crippen molar-refractivity contribution in [1.29, 1.82) is 0 Å². The molecule has 8 heteroatoms. The van der Waals surface area contributed by atoms with Crippen LogP contribution in [0.1, 0.15) is 24.6 Å². The lowest BCUT2D eigenvalue weighted by atomic mass is 10.3. The Bertz CT molecular complexity index is 769. The zero-order valence-electron chi connectivity index (χ0n) is 11.1. The van der Waals surface area contributed by atoms with E-state index in [0.29, 0.717) is 10.5 Å². The van der Waals surface area contributed by atoms with E-state index in [0.717, 1.165) is 18.5 Å². The van der Waals surface area contributed by atoms with Crippen LogP contribution in [0, 0.1) is 0 Å². The minimum Gasteiger partial charge on any atom is -0.486 e. The predicted octanol–water partition coefficient (Wildman–Crippen LogP) is 2.21. The number of imidazole rings is 1. The zero-order valence-corrected chi connectivity index (χ0v) is 13.5. The maximum atomic E-state index is 11.6. The summed E-state index contributed by atoms with van der Waals surface area (Å²) in [6.07, 6.45) is 5.79. The Morgan fingerprint density at radius 2 is 2.19 bits per heavy atom. The molecule has 1 aliphatic rings. The van der Waals surface area contributed by atoms with Crippen LogP contribution < -0.4 is 9.88 Å². The number of primary sulfonamides is 1. The van der Waals surface area contributed by atoms with Gasteiger partial charge in [-0.25, -0.2) is 18.5 Å². The highest BCUT2D eigenvalue weighted by Gasteiger charge is 2.25. The summed E-state index contributed by atoms with van der Waals surface area (Å²) in [5, 5.41) is 5.22. The van der Waals surface area contributed by atoms with Gasteiger partial charge in [-0.3, -0.25) is 0 Å². The lowest BCUT2D eigenvalue weighted by molar-refractivity contribution is 0.287. The number of halogens is 1. The van der Waals surface area contributed by atoms with Crippen molar-refractivity contribution in [3.8, 4) is 5.75 Å². The molecule has 0 radical (unpaired) electrons. The Morgan fingerprint density at radius 3 is 2.86 bits per heavy atom. The second-order valence-corrected chi connectivity index (χ2v) is 7.39. The van der Waals surface area contributed by atoms with E-state index in [1.165, 1.54) is 6.07 Å². The monoisotopic (exact) mass is 371 g/mol. The summed E-state index contributed by atoms with van der Waals surface area (Å²) in [6.45, 7) is 0.251. The molecule has 1 heterocycles. The third-order valence-electron chi connectivity index (χ3n) is 3.27. The number of nitrogens with two attached hydrogens (primary N) is 1. The SMILES string of the molecule is NS(=O)(=O)c1cc(Br)ccc1OCc1cncn1C1CC1. The van der Waals surface area contributed by atoms with Crippen molar-refractivity contribution in [2.24, 2.45) is 5.14 Å². The second-order valence-electron chi connectivity index (χ2n) is 4.95. The number of benzene rings is 1. The molecule has 1 aliphatic carbocycles. The number of ether oxygens (including phenoxy) is 1. The summed E-state index contributed by atoms with van der Waals surface area (Å²) in [6, 6.07) is 5.22. The van der Waals surface area contributed by atoms with Crippen LogP contribution in [-0.2, 0) is 16.6 Å². The van der Waals surface area contributed by atoms with Crippen LogP contribution in [0.4, 0.5) is 0 Å². The van der Waals surface area contributed by atoms with Crippen molar-refractivity contribution < 1.29 is 13.2 Å². The Labute approximate surface area is 131 Å².